The fourth-order valence-electron chi connectivity index (χ4n) is 1.84. The zero-order valence-electron chi connectivity index (χ0n) is 11.8. The first-order valence-corrected chi connectivity index (χ1v) is 6.74. The first-order valence-electron chi connectivity index (χ1n) is 6.74. The lowest BCUT2D eigenvalue weighted by Gasteiger charge is -2.24. The molecule has 0 radical (unpaired) electrons. The van der Waals surface area contributed by atoms with E-state index >= 15 is 0 Å². The topological polar surface area (TPSA) is 57.6 Å². The van der Waals surface area contributed by atoms with Gasteiger partial charge in [-0.2, -0.15) is 0 Å². The summed E-state index contributed by atoms with van der Waals surface area (Å²) < 4.78 is 13.7. The van der Waals surface area contributed by atoms with Gasteiger partial charge in [0.15, 0.2) is 0 Å². The van der Waals surface area contributed by atoms with E-state index in [-0.39, 0.29) is 12.1 Å². The maximum absolute atomic E-state index is 13.7. The molecule has 20 heavy (non-hydrogen) atoms. The number of nitrogens with zero attached hydrogens (tertiary/aromatic N) is 1. The zero-order chi connectivity index (χ0) is 15.1. The summed E-state index contributed by atoms with van der Waals surface area (Å²) in [4.78, 5) is 24.7. The summed E-state index contributed by atoms with van der Waals surface area (Å²) in [6.45, 7) is 4.03. The smallest absolute Gasteiger partial charge is 0.308 e. The minimum atomic E-state index is -0.965. The normalized spacial score (nSPS) is 11.9. The van der Waals surface area contributed by atoms with Crippen molar-refractivity contribution in [3.8, 4) is 0 Å². The van der Waals surface area contributed by atoms with E-state index in [2.05, 4.69) is 0 Å². The van der Waals surface area contributed by atoms with Crippen LogP contribution in [0.3, 0.4) is 0 Å². The Labute approximate surface area is 118 Å². The van der Waals surface area contributed by atoms with Crippen LogP contribution in [0, 0.1) is 11.7 Å². The van der Waals surface area contributed by atoms with E-state index in [1.54, 1.807) is 6.07 Å². The van der Waals surface area contributed by atoms with Crippen LogP contribution in [0.2, 0.25) is 0 Å². The van der Waals surface area contributed by atoms with Gasteiger partial charge in [-0.3, -0.25) is 9.59 Å². The summed E-state index contributed by atoms with van der Waals surface area (Å²) >= 11 is 0. The summed E-state index contributed by atoms with van der Waals surface area (Å²) in [6, 6.07) is 5.76. The lowest BCUT2D eigenvalue weighted by Crippen LogP contribution is -2.38. The number of carboxylic acids is 1. The number of unbranched alkanes of at least 4 members (excludes halogenated alkanes) is 1. The molecule has 1 amide bonds. The molecule has 1 aromatic rings. The van der Waals surface area contributed by atoms with Crippen LogP contribution in [-0.4, -0.2) is 35.0 Å². The summed E-state index contributed by atoms with van der Waals surface area (Å²) in [5.41, 5.74) is -0.0128. The number of benzene rings is 1. The van der Waals surface area contributed by atoms with Gasteiger partial charge in [0.1, 0.15) is 5.82 Å². The highest BCUT2D eigenvalue weighted by Crippen LogP contribution is 2.13. The van der Waals surface area contributed by atoms with Crippen molar-refractivity contribution in [1.82, 2.24) is 4.90 Å². The molecule has 4 nitrogen and oxygen atoms in total. The number of carbonyl (C=O) groups excluding carboxylic acids is 1. The van der Waals surface area contributed by atoms with Crippen LogP contribution in [0.25, 0.3) is 0 Å². The predicted molar refractivity (Wildman–Crippen MR) is 74.0 cm³/mol. The van der Waals surface area contributed by atoms with Gasteiger partial charge in [0.05, 0.1) is 11.5 Å². The van der Waals surface area contributed by atoms with Gasteiger partial charge in [-0.05, 0) is 18.6 Å². The van der Waals surface area contributed by atoms with Gasteiger partial charge < -0.3 is 10.0 Å². The number of carboxylic acid groups (broad SMARTS) is 1. The molecular formula is C15H20FNO3. The van der Waals surface area contributed by atoms with Crippen molar-refractivity contribution in [2.24, 2.45) is 5.92 Å². The molecule has 1 unspecified atom stereocenters. The molecule has 0 aliphatic rings. The van der Waals surface area contributed by atoms with E-state index < -0.39 is 23.6 Å². The molecule has 0 aromatic heterocycles. The highest BCUT2D eigenvalue weighted by atomic mass is 19.1. The van der Waals surface area contributed by atoms with E-state index in [0.29, 0.717) is 6.54 Å². The second kappa shape index (κ2) is 7.62. The van der Waals surface area contributed by atoms with Crippen molar-refractivity contribution < 1.29 is 19.1 Å². The van der Waals surface area contributed by atoms with Crippen molar-refractivity contribution >= 4 is 11.9 Å². The summed E-state index contributed by atoms with van der Waals surface area (Å²) in [7, 11) is 0. The molecule has 1 aromatic carbocycles. The van der Waals surface area contributed by atoms with Crippen molar-refractivity contribution in [1.29, 1.82) is 0 Å². The molecule has 0 bridgehead atoms. The molecular weight excluding hydrogens is 261 g/mol. The SMILES string of the molecule is CCCCN(CC(C)C(=O)O)C(=O)c1ccccc1F. The van der Waals surface area contributed by atoms with E-state index in [1.165, 1.54) is 30.0 Å². The number of aliphatic carboxylic acids is 1. The molecule has 0 saturated heterocycles. The van der Waals surface area contributed by atoms with E-state index in [4.69, 9.17) is 5.11 Å². The lowest BCUT2D eigenvalue weighted by molar-refractivity contribution is -0.141. The third kappa shape index (κ3) is 4.33. The molecule has 0 heterocycles. The Kier molecular flexibility index (Phi) is 6.15. The van der Waals surface area contributed by atoms with Crippen molar-refractivity contribution in [2.75, 3.05) is 13.1 Å². The monoisotopic (exact) mass is 281 g/mol. The first-order chi connectivity index (χ1) is 9.47. The maximum atomic E-state index is 13.7. The van der Waals surface area contributed by atoms with Crippen LogP contribution in [0.15, 0.2) is 24.3 Å². The Morgan fingerprint density at radius 2 is 2.00 bits per heavy atom. The Bertz CT molecular complexity index is 476. The Morgan fingerprint density at radius 3 is 2.55 bits per heavy atom. The van der Waals surface area contributed by atoms with E-state index in [9.17, 15) is 14.0 Å². The largest absolute Gasteiger partial charge is 0.481 e. The molecule has 0 aliphatic heterocycles. The van der Waals surface area contributed by atoms with Gasteiger partial charge in [0, 0.05) is 13.1 Å². The molecule has 5 heteroatoms. The fourth-order valence-corrected chi connectivity index (χ4v) is 1.84. The quantitative estimate of drug-likeness (QED) is 0.836. The fraction of sp³-hybridized carbons (Fsp3) is 0.467. The minimum absolute atomic E-state index is 0.0128. The summed E-state index contributed by atoms with van der Waals surface area (Å²) in [5.74, 6) is -2.68. The molecule has 0 fully saturated rings. The third-order valence-electron chi connectivity index (χ3n) is 3.09. The van der Waals surface area contributed by atoms with Gasteiger partial charge in [-0.1, -0.05) is 32.4 Å². The highest BCUT2D eigenvalue weighted by molar-refractivity contribution is 5.94. The zero-order valence-corrected chi connectivity index (χ0v) is 11.8. The minimum Gasteiger partial charge on any atom is -0.481 e. The number of halogens is 1. The number of amides is 1. The van der Waals surface area contributed by atoms with Crippen molar-refractivity contribution in [3.63, 3.8) is 0 Å². The van der Waals surface area contributed by atoms with Gasteiger partial charge in [-0.15, -0.1) is 0 Å². The van der Waals surface area contributed by atoms with Crippen LogP contribution in [0.5, 0.6) is 0 Å². The maximum Gasteiger partial charge on any atom is 0.308 e. The van der Waals surface area contributed by atoms with E-state index in [1.807, 2.05) is 6.92 Å². The average molecular weight is 281 g/mol. The van der Waals surface area contributed by atoms with Crippen LogP contribution in [-0.2, 0) is 4.79 Å². The lowest BCUT2D eigenvalue weighted by atomic mass is 10.1. The standard InChI is InChI=1S/C15H20FNO3/c1-3-4-9-17(10-11(2)15(19)20)14(18)12-7-5-6-8-13(12)16/h5-8,11H,3-4,9-10H2,1-2H3,(H,19,20). The Balaban J connectivity index is 2.89. The van der Waals surface area contributed by atoms with Gasteiger partial charge in [0.25, 0.3) is 5.91 Å². The molecule has 0 saturated carbocycles. The molecule has 1 atom stereocenters. The second-order valence-electron chi connectivity index (χ2n) is 4.82. The number of carbonyl (C=O) groups is 2. The third-order valence-corrected chi connectivity index (χ3v) is 3.09. The Morgan fingerprint density at radius 1 is 1.35 bits per heavy atom. The number of hydrogen-bond donors (Lipinski definition) is 1. The highest BCUT2D eigenvalue weighted by Gasteiger charge is 2.22. The first kappa shape index (κ1) is 16.1. The summed E-state index contributed by atoms with van der Waals surface area (Å²) in [6.07, 6.45) is 1.63. The van der Waals surface area contributed by atoms with Crippen LogP contribution >= 0.6 is 0 Å². The summed E-state index contributed by atoms with van der Waals surface area (Å²) in [5, 5.41) is 8.95. The molecule has 1 rings (SSSR count). The van der Waals surface area contributed by atoms with Crippen molar-refractivity contribution in [2.45, 2.75) is 26.7 Å². The predicted octanol–water partition coefficient (Wildman–Crippen LogP) is 2.79. The molecule has 1 N–H and O–H groups in total. The molecule has 0 spiro atoms. The van der Waals surface area contributed by atoms with E-state index in [0.717, 1.165) is 12.8 Å². The molecule has 110 valence electrons. The van der Waals surface area contributed by atoms with Gasteiger partial charge in [-0.25, -0.2) is 4.39 Å². The number of rotatable bonds is 7. The van der Waals surface area contributed by atoms with Gasteiger partial charge >= 0.3 is 5.97 Å². The van der Waals surface area contributed by atoms with Crippen LogP contribution < -0.4 is 0 Å². The van der Waals surface area contributed by atoms with Crippen LogP contribution in [0.4, 0.5) is 4.39 Å². The average Bonchev–Trinajstić information content (AvgIpc) is 2.42. The Hall–Kier alpha value is -1.91. The van der Waals surface area contributed by atoms with Crippen molar-refractivity contribution in [3.05, 3.63) is 35.6 Å². The van der Waals surface area contributed by atoms with Gasteiger partial charge in [0.2, 0.25) is 0 Å². The number of hydrogen-bond acceptors (Lipinski definition) is 2. The second-order valence-corrected chi connectivity index (χ2v) is 4.82. The molecule has 0 aliphatic carbocycles. The van der Waals surface area contributed by atoms with Crippen LogP contribution in [0.1, 0.15) is 37.0 Å².